The molecule has 0 aliphatic carbocycles. The van der Waals surface area contributed by atoms with Crippen LogP contribution in [0.5, 0.6) is 0 Å². The molecular formula is C17H19FN2O. The maximum atomic E-state index is 12.8. The lowest BCUT2D eigenvalue weighted by atomic mass is 10.1. The van der Waals surface area contributed by atoms with Gasteiger partial charge in [-0.25, -0.2) is 4.39 Å². The lowest BCUT2D eigenvalue weighted by Crippen LogP contribution is -2.34. The van der Waals surface area contributed by atoms with E-state index >= 15 is 0 Å². The van der Waals surface area contributed by atoms with Gasteiger partial charge in [-0.1, -0.05) is 42.5 Å². The molecule has 0 radical (unpaired) electrons. The van der Waals surface area contributed by atoms with Gasteiger partial charge in [0.05, 0.1) is 6.54 Å². The Morgan fingerprint density at radius 3 is 2.43 bits per heavy atom. The van der Waals surface area contributed by atoms with Crippen LogP contribution in [0.15, 0.2) is 54.6 Å². The first-order valence-electron chi connectivity index (χ1n) is 6.94. The quantitative estimate of drug-likeness (QED) is 0.857. The Kier molecular flexibility index (Phi) is 5.46. The molecule has 2 rings (SSSR count). The summed E-state index contributed by atoms with van der Waals surface area (Å²) in [7, 11) is 0. The highest BCUT2D eigenvalue weighted by molar-refractivity contribution is 5.78. The zero-order chi connectivity index (χ0) is 15.1. The number of hydrogen-bond donors (Lipinski definition) is 2. The maximum absolute atomic E-state index is 12.8. The summed E-state index contributed by atoms with van der Waals surface area (Å²) in [5.41, 5.74) is 2.02. The van der Waals surface area contributed by atoms with Gasteiger partial charge in [-0.2, -0.15) is 0 Å². The van der Waals surface area contributed by atoms with E-state index in [1.165, 1.54) is 12.1 Å². The first-order chi connectivity index (χ1) is 10.1. The molecule has 0 bridgehead atoms. The Morgan fingerprint density at radius 2 is 1.76 bits per heavy atom. The first kappa shape index (κ1) is 15.2. The molecule has 0 heterocycles. The van der Waals surface area contributed by atoms with E-state index in [9.17, 15) is 9.18 Å². The van der Waals surface area contributed by atoms with Gasteiger partial charge in [-0.05, 0) is 30.2 Å². The molecule has 0 unspecified atom stereocenters. The van der Waals surface area contributed by atoms with Gasteiger partial charge < -0.3 is 10.6 Å². The van der Waals surface area contributed by atoms with Crippen LogP contribution < -0.4 is 10.6 Å². The van der Waals surface area contributed by atoms with E-state index in [2.05, 4.69) is 10.6 Å². The van der Waals surface area contributed by atoms with Crippen LogP contribution in [-0.2, 0) is 11.3 Å². The molecule has 0 saturated carbocycles. The topological polar surface area (TPSA) is 41.1 Å². The van der Waals surface area contributed by atoms with Crippen LogP contribution in [0, 0.1) is 5.82 Å². The van der Waals surface area contributed by atoms with E-state index < -0.39 is 0 Å². The largest absolute Gasteiger partial charge is 0.351 e. The third-order valence-electron chi connectivity index (χ3n) is 3.27. The van der Waals surface area contributed by atoms with Crippen LogP contribution in [0.3, 0.4) is 0 Å². The van der Waals surface area contributed by atoms with Gasteiger partial charge in [0.15, 0.2) is 0 Å². The Labute approximate surface area is 124 Å². The third-order valence-corrected chi connectivity index (χ3v) is 3.27. The Morgan fingerprint density at radius 1 is 1.10 bits per heavy atom. The maximum Gasteiger partial charge on any atom is 0.234 e. The van der Waals surface area contributed by atoms with Gasteiger partial charge in [-0.3, -0.25) is 4.79 Å². The van der Waals surface area contributed by atoms with E-state index in [1.54, 1.807) is 12.1 Å². The standard InChI is InChI=1S/C17H19FN2O/c1-13(15-7-9-16(18)10-8-15)19-12-17(21)20-11-14-5-3-2-4-6-14/h2-10,13,19H,11-12H2,1H3,(H,20,21)/t13-/m0/s1. The molecule has 4 heteroatoms. The highest BCUT2D eigenvalue weighted by atomic mass is 19.1. The molecule has 0 aliphatic rings. The fourth-order valence-corrected chi connectivity index (χ4v) is 1.97. The molecule has 2 aromatic rings. The van der Waals surface area contributed by atoms with Gasteiger partial charge in [-0.15, -0.1) is 0 Å². The number of nitrogens with one attached hydrogen (secondary N) is 2. The zero-order valence-electron chi connectivity index (χ0n) is 12.0. The predicted octanol–water partition coefficient (Wildman–Crippen LogP) is 2.79. The number of benzene rings is 2. The molecule has 3 nitrogen and oxygen atoms in total. The molecule has 1 amide bonds. The van der Waals surface area contributed by atoms with Crippen molar-refractivity contribution in [2.75, 3.05) is 6.54 Å². The number of hydrogen-bond acceptors (Lipinski definition) is 2. The van der Waals surface area contributed by atoms with Gasteiger partial charge in [0.1, 0.15) is 5.82 Å². The average Bonchev–Trinajstić information content (AvgIpc) is 2.52. The summed E-state index contributed by atoms with van der Waals surface area (Å²) in [6.07, 6.45) is 0. The molecule has 110 valence electrons. The lowest BCUT2D eigenvalue weighted by Gasteiger charge is -2.14. The van der Waals surface area contributed by atoms with E-state index in [1.807, 2.05) is 37.3 Å². The monoisotopic (exact) mass is 286 g/mol. The predicted molar refractivity (Wildman–Crippen MR) is 81.1 cm³/mol. The minimum atomic E-state index is -0.258. The minimum Gasteiger partial charge on any atom is -0.351 e. The summed E-state index contributed by atoms with van der Waals surface area (Å²) >= 11 is 0. The summed E-state index contributed by atoms with van der Waals surface area (Å²) in [5.74, 6) is -0.320. The first-order valence-corrected chi connectivity index (χ1v) is 6.94. The van der Waals surface area contributed by atoms with Gasteiger partial charge >= 0.3 is 0 Å². The van der Waals surface area contributed by atoms with E-state index in [-0.39, 0.29) is 24.3 Å². The van der Waals surface area contributed by atoms with Gasteiger partial charge in [0.2, 0.25) is 5.91 Å². The van der Waals surface area contributed by atoms with Crippen molar-refractivity contribution in [2.24, 2.45) is 0 Å². The highest BCUT2D eigenvalue weighted by Crippen LogP contribution is 2.12. The number of rotatable bonds is 6. The SMILES string of the molecule is C[C@H](NCC(=O)NCc1ccccc1)c1ccc(F)cc1. The molecule has 0 spiro atoms. The van der Waals surface area contributed by atoms with Crippen LogP contribution in [0.1, 0.15) is 24.1 Å². The van der Waals surface area contributed by atoms with Gasteiger partial charge in [0, 0.05) is 12.6 Å². The van der Waals surface area contributed by atoms with Crippen LogP contribution in [0.2, 0.25) is 0 Å². The second-order valence-electron chi connectivity index (χ2n) is 4.92. The Hall–Kier alpha value is -2.20. The summed E-state index contributed by atoms with van der Waals surface area (Å²) in [5, 5.41) is 5.97. The molecule has 2 N–H and O–H groups in total. The molecule has 0 aliphatic heterocycles. The van der Waals surface area contributed by atoms with Crippen LogP contribution >= 0.6 is 0 Å². The molecule has 0 aromatic heterocycles. The molecule has 2 aromatic carbocycles. The summed E-state index contributed by atoms with van der Waals surface area (Å²) in [6.45, 7) is 2.69. The van der Waals surface area contributed by atoms with Crippen LogP contribution in [0.4, 0.5) is 4.39 Å². The van der Waals surface area contributed by atoms with Gasteiger partial charge in [0.25, 0.3) is 0 Å². The molecular weight excluding hydrogens is 267 g/mol. The Balaban J connectivity index is 1.74. The fraction of sp³-hybridized carbons (Fsp3) is 0.235. The lowest BCUT2D eigenvalue weighted by molar-refractivity contribution is -0.120. The summed E-state index contributed by atoms with van der Waals surface area (Å²) < 4.78 is 12.8. The molecule has 21 heavy (non-hydrogen) atoms. The smallest absolute Gasteiger partial charge is 0.234 e. The fourth-order valence-electron chi connectivity index (χ4n) is 1.97. The van der Waals surface area contributed by atoms with Crippen LogP contribution in [-0.4, -0.2) is 12.5 Å². The minimum absolute atomic E-state index is 0.00641. The normalized spacial score (nSPS) is 11.9. The van der Waals surface area contributed by atoms with Crippen molar-refractivity contribution in [3.63, 3.8) is 0 Å². The van der Waals surface area contributed by atoms with Crippen molar-refractivity contribution in [2.45, 2.75) is 19.5 Å². The number of carbonyl (C=O) groups excluding carboxylic acids is 1. The second kappa shape index (κ2) is 7.55. The Bertz CT molecular complexity index is 569. The van der Waals surface area contributed by atoms with Crippen molar-refractivity contribution >= 4 is 5.91 Å². The van der Waals surface area contributed by atoms with E-state index in [4.69, 9.17) is 0 Å². The molecule has 0 fully saturated rings. The van der Waals surface area contributed by atoms with Crippen molar-refractivity contribution in [1.29, 1.82) is 0 Å². The number of amides is 1. The number of halogens is 1. The van der Waals surface area contributed by atoms with Crippen molar-refractivity contribution in [3.8, 4) is 0 Å². The van der Waals surface area contributed by atoms with Crippen molar-refractivity contribution in [3.05, 3.63) is 71.5 Å². The highest BCUT2D eigenvalue weighted by Gasteiger charge is 2.07. The third kappa shape index (κ3) is 5.00. The van der Waals surface area contributed by atoms with Crippen molar-refractivity contribution < 1.29 is 9.18 Å². The molecule has 1 atom stereocenters. The summed E-state index contributed by atoms with van der Waals surface area (Å²) in [4.78, 5) is 11.8. The molecule has 0 saturated heterocycles. The van der Waals surface area contributed by atoms with E-state index in [0.29, 0.717) is 6.54 Å². The number of carbonyl (C=O) groups is 1. The average molecular weight is 286 g/mol. The van der Waals surface area contributed by atoms with E-state index in [0.717, 1.165) is 11.1 Å². The summed E-state index contributed by atoms with van der Waals surface area (Å²) in [6, 6.07) is 16.0. The second-order valence-corrected chi connectivity index (χ2v) is 4.92. The van der Waals surface area contributed by atoms with Crippen molar-refractivity contribution in [1.82, 2.24) is 10.6 Å². The van der Waals surface area contributed by atoms with Crippen LogP contribution in [0.25, 0.3) is 0 Å². The zero-order valence-corrected chi connectivity index (χ0v) is 12.0.